The largest absolute Gasteiger partial charge is 0.466 e. The summed E-state index contributed by atoms with van der Waals surface area (Å²) < 4.78 is 9.92. The summed E-state index contributed by atoms with van der Waals surface area (Å²) in [6, 6.07) is 16.1. The third-order valence-corrected chi connectivity index (χ3v) is 5.01. The van der Waals surface area contributed by atoms with Crippen molar-refractivity contribution in [2.75, 3.05) is 19.8 Å². The highest BCUT2D eigenvalue weighted by Crippen LogP contribution is 2.32. The molecule has 0 aliphatic rings. The van der Waals surface area contributed by atoms with Crippen LogP contribution in [0.5, 0.6) is 0 Å². The van der Waals surface area contributed by atoms with Gasteiger partial charge in [-0.25, -0.2) is 4.79 Å². The van der Waals surface area contributed by atoms with Crippen LogP contribution in [0.2, 0.25) is 0 Å². The predicted molar refractivity (Wildman–Crippen MR) is 111 cm³/mol. The Morgan fingerprint density at radius 2 is 1.73 bits per heavy atom. The zero-order valence-corrected chi connectivity index (χ0v) is 17.4. The first kappa shape index (κ1) is 23.0. The number of benzene rings is 2. The van der Waals surface area contributed by atoms with Gasteiger partial charge in [-0.15, -0.1) is 0 Å². The number of carbonyl (C=O) groups excluding carboxylic acids is 3. The molecular formula is C22H22N2O5S. The molecule has 0 bridgehead atoms. The quantitative estimate of drug-likeness (QED) is 0.459. The average molecular weight is 426 g/mol. The SMILES string of the molecule is CCOC(=O)CCCNC(=O)COC(=O)c1ccccc1Sc1ccccc1C#N. The molecule has 2 aromatic rings. The minimum absolute atomic E-state index is 0.211. The van der Waals surface area contributed by atoms with Crippen LogP contribution in [0.4, 0.5) is 0 Å². The van der Waals surface area contributed by atoms with Gasteiger partial charge in [-0.1, -0.05) is 36.0 Å². The van der Waals surface area contributed by atoms with E-state index in [4.69, 9.17) is 9.47 Å². The van der Waals surface area contributed by atoms with Crippen molar-refractivity contribution in [3.8, 4) is 6.07 Å². The van der Waals surface area contributed by atoms with E-state index in [9.17, 15) is 19.6 Å². The Kier molecular flexibility index (Phi) is 9.42. The molecule has 0 fully saturated rings. The zero-order valence-electron chi connectivity index (χ0n) is 16.6. The van der Waals surface area contributed by atoms with Crippen LogP contribution in [0, 0.1) is 11.3 Å². The monoisotopic (exact) mass is 426 g/mol. The van der Waals surface area contributed by atoms with E-state index in [0.29, 0.717) is 29.1 Å². The van der Waals surface area contributed by atoms with Crippen molar-refractivity contribution in [2.45, 2.75) is 29.6 Å². The van der Waals surface area contributed by atoms with Crippen LogP contribution < -0.4 is 5.32 Å². The number of nitriles is 1. The third-order valence-electron chi connectivity index (χ3n) is 3.85. The van der Waals surface area contributed by atoms with Crippen LogP contribution in [-0.2, 0) is 19.1 Å². The molecular weight excluding hydrogens is 404 g/mol. The lowest BCUT2D eigenvalue weighted by Gasteiger charge is -2.10. The first-order valence-electron chi connectivity index (χ1n) is 9.40. The Bertz CT molecular complexity index is 939. The summed E-state index contributed by atoms with van der Waals surface area (Å²) in [5.74, 6) is -1.40. The normalized spacial score (nSPS) is 10.0. The lowest BCUT2D eigenvalue weighted by atomic mass is 10.2. The summed E-state index contributed by atoms with van der Waals surface area (Å²) in [6.45, 7) is 1.91. The molecule has 7 nitrogen and oxygen atoms in total. The van der Waals surface area contributed by atoms with Crippen molar-refractivity contribution in [3.63, 3.8) is 0 Å². The van der Waals surface area contributed by atoms with Gasteiger partial charge in [0.1, 0.15) is 6.07 Å². The molecule has 1 amide bonds. The number of hydrogen-bond donors (Lipinski definition) is 1. The van der Waals surface area contributed by atoms with Gasteiger partial charge in [-0.3, -0.25) is 9.59 Å². The maximum Gasteiger partial charge on any atom is 0.339 e. The van der Waals surface area contributed by atoms with Gasteiger partial charge in [0, 0.05) is 22.8 Å². The fourth-order valence-corrected chi connectivity index (χ4v) is 3.46. The second-order valence-electron chi connectivity index (χ2n) is 6.04. The highest BCUT2D eigenvalue weighted by Gasteiger charge is 2.16. The zero-order chi connectivity index (χ0) is 21.8. The molecule has 156 valence electrons. The highest BCUT2D eigenvalue weighted by atomic mass is 32.2. The third kappa shape index (κ3) is 7.26. The standard InChI is InChI=1S/C22H22N2O5S/c1-2-28-21(26)12-7-13-24-20(25)15-29-22(27)17-9-4-6-11-19(17)30-18-10-5-3-8-16(18)14-23/h3-6,8-11H,2,7,12-13,15H2,1H3,(H,24,25). The summed E-state index contributed by atoms with van der Waals surface area (Å²) in [5.41, 5.74) is 0.818. The van der Waals surface area contributed by atoms with Crippen LogP contribution in [-0.4, -0.2) is 37.6 Å². The van der Waals surface area contributed by atoms with Crippen LogP contribution >= 0.6 is 11.8 Å². The Balaban J connectivity index is 1.88. The summed E-state index contributed by atoms with van der Waals surface area (Å²) in [7, 11) is 0. The topological polar surface area (TPSA) is 105 Å². The van der Waals surface area contributed by atoms with Gasteiger partial charge < -0.3 is 14.8 Å². The van der Waals surface area contributed by atoms with Crippen LogP contribution in [0.15, 0.2) is 58.3 Å². The van der Waals surface area contributed by atoms with Gasteiger partial charge in [0.05, 0.1) is 17.7 Å². The molecule has 0 saturated heterocycles. The van der Waals surface area contributed by atoms with Crippen LogP contribution in [0.3, 0.4) is 0 Å². The maximum absolute atomic E-state index is 12.5. The molecule has 0 aromatic heterocycles. The van der Waals surface area contributed by atoms with E-state index in [0.717, 1.165) is 4.90 Å². The number of nitrogens with zero attached hydrogens (tertiary/aromatic N) is 1. The maximum atomic E-state index is 12.5. The highest BCUT2D eigenvalue weighted by molar-refractivity contribution is 7.99. The smallest absolute Gasteiger partial charge is 0.339 e. The molecule has 2 rings (SSSR count). The van der Waals surface area contributed by atoms with Crippen molar-refractivity contribution >= 4 is 29.6 Å². The Labute approximate surface area is 179 Å². The van der Waals surface area contributed by atoms with Crippen molar-refractivity contribution in [1.82, 2.24) is 5.32 Å². The number of rotatable bonds is 10. The first-order valence-corrected chi connectivity index (χ1v) is 10.2. The Hall–Kier alpha value is -3.31. The summed E-state index contributed by atoms with van der Waals surface area (Å²) in [6.07, 6.45) is 0.652. The summed E-state index contributed by atoms with van der Waals surface area (Å²) >= 11 is 1.28. The lowest BCUT2D eigenvalue weighted by molar-refractivity contribution is -0.143. The second kappa shape index (κ2) is 12.3. The van der Waals surface area contributed by atoms with Crippen LogP contribution in [0.1, 0.15) is 35.7 Å². The molecule has 0 aliphatic heterocycles. The van der Waals surface area contributed by atoms with E-state index in [1.54, 1.807) is 49.4 Å². The van der Waals surface area contributed by atoms with Crippen LogP contribution in [0.25, 0.3) is 0 Å². The number of esters is 2. The molecule has 0 saturated carbocycles. The molecule has 0 spiro atoms. The molecule has 0 aliphatic carbocycles. The van der Waals surface area contributed by atoms with Gasteiger partial charge in [0.2, 0.25) is 0 Å². The fourth-order valence-electron chi connectivity index (χ4n) is 2.44. The number of amides is 1. The van der Waals surface area contributed by atoms with Crippen molar-refractivity contribution in [3.05, 3.63) is 59.7 Å². The van der Waals surface area contributed by atoms with E-state index in [1.165, 1.54) is 11.8 Å². The van der Waals surface area contributed by atoms with Crippen molar-refractivity contribution < 1.29 is 23.9 Å². The molecule has 0 heterocycles. The van der Waals surface area contributed by atoms with E-state index < -0.39 is 18.5 Å². The molecule has 0 atom stereocenters. The van der Waals surface area contributed by atoms with E-state index >= 15 is 0 Å². The molecule has 0 unspecified atom stereocenters. The number of hydrogen-bond acceptors (Lipinski definition) is 7. The Morgan fingerprint density at radius 3 is 2.47 bits per heavy atom. The van der Waals surface area contributed by atoms with Gasteiger partial charge in [0.15, 0.2) is 6.61 Å². The predicted octanol–water partition coefficient (Wildman–Crippen LogP) is 3.33. The van der Waals surface area contributed by atoms with Crippen molar-refractivity contribution in [1.29, 1.82) is 5.26 Å². The summed E-state index contributed by atoms with van der Waals surface area (Å²) in [4.78, 5) is 36.9. The molecule has 2 aromatic carbocycles. The minimum atomic E-state index is -0.630. The number of carbonyl (C=O) groups is 3. The molecule has 1 N–H and O–H groups in total. The van der Waals surface area contributed by atoms with E-state index in [1.807, 2.05) is 6.07 Å². The fraction of sp³-hybridized carbons (Fsp3) is 0.273. The summed E-state index contributed by atoms with van der Waals surface area (Å²) in [5, 5.41) is 11.8. The number of ether oxygens (including phenoxy) is 2. The van der Waals surface area contributed by atoms with Crippen molar-refractivity contribution in [2.24, 2.45) is 0 Å². The van der Waals surface area contributed by atoms with Gasteiger partial charge in [0.25, 0.3) is 5.91 Å². The molecule has 0 radical (unpaired) electrons. The van der Waals surface area contributed by atoms with Gasteiger partial charge in [-0.05, 0) is 37.6 Å². The minimum Gasteiger partial charge on any atom is -0.466 e. The second-order valence-corrected chi connectivity index (χ2v) is 7.12. The van der Waals surface area contributed by atoms with Gasteiger partial charge in [-0.2, -0.15) is 5.26 Å². The Morgan fingerprint density at radius 1 is 1.03 bits per heavy atom. The lowest BCUT2D eigenvalue weighted by Crippen LogP contribution is -2.30. The van der Waals surface area contributed by atoms with Gasteiger partial charge >= 0.3 is 11.9 Å². The molecule has 30 heavy (non-hydrogen) atoms. The molecule has 8 heteroatoms. The number of nitrogens with one attached hydrogen (secondary N) is 1. The average Bonchev–Trinajstić information content (AvgIpc) is 2.76. The van der Waals surface area contributed by atoms with E-state index in [2.05, 4.69) is 11.4 Å². The van der Waals surface area contributed by atoms with E-state index in [-0.39, 0.29) is 18.9 Å². The first-order chi connectivity index (χ1) is 14.5.